The first-order valence-electron chi connectivity index (χ1n) is 8.95. The predicted octanol–water partition coefficient (Wildman–Crippen LogP) is 3.55. The van der Waals surface area contributed by atoms with Crippen LogP contribution in [0.3, 0.4) is 0 Å². The Hall–Kier alpha value is -1.98. The molecule has 1 unspecified atom stereocenters. The fourth-order valence-electron chi connectivity index (χ4n) is 3.49. The zero-order valence-corrected chi connectivity index (χ0v) is 15.0. The van der Waals surface area contributed by atoms with Crippen molar-refractivity contribution in [3.63, 3.8) is 0 Å². The molecular formula is C20H23N3OS. The molecule has 25 heavy (non-hydrogen) atoms. The third-order valence-corrected chi connectivity index (χ3v) is 5.93. The van der Waals surface area contributed by atoms with E-state index in [-0.39, 0.29) is 5.91 Å². The molecule has 0 radical (unpaired) electrons. The summed E-state index contributed by atoms with van der Waals surface area (Å²) in [5, 5.41) is 6.49. The fraction of sp³-hybridized carbons (Fsp3) is 0.350. The first-order chi connectivity index (χ1) is 12.3. The second-order valence-electron chi connectivity index (χ2n) is 6.54. The van der Waals surface area contributed by atoms with E-state index in [9.17, 15) is 4.79 Å². The van der Waals surface area contributed by atoms with E-state index in [1.165, 1.54) is 27.6 Å². The predicted molar refractivity (Wildman–Crippen MR) is 103 cm³/mol. The number of carbonyl (C=O) groups excluding carboxylic acids is 1. The first kappa shape index (κ1) is 16.5. The molecule has 2 aromatic carbocycles. The Kier molecular flexibility index (Phi) is 4.95. The van der Waals surface area contributed by atoms with Crippen molar-refractivity contribution in [3.8, 4) is 0 Å². The van der Waals surface area contributed by atoms with Crippen LogP contribution in [-0.2, 0) is 4.79 Å². The lowest BCUT2D eigenvalue weighted by Crippen LogP contribution is -2.38. The van der Waals surface area contributed by atoms with Crippen LogP contribution < -0.4 is 15.5 Å². The van der Waals surface area contributed by atoms with Crippen LogP contribution in [0, 0.1) is 0 Å². The SMILES string of the molecule is O=C(CCN1c2ccccc2Sc2ccccc21)NCC1CCCN1. The molecule has 1 amide bonds. The number of para-hydroxylation sites is 2. The zero-order chi connectivity index (χ0) is 17.1. The Balaban J connectivity index is 1.43. The highest BCUT2D eigenvalue weighted by atomic mass is 32.2. The van der Waals surface area contributed by atoms with E-state index < -0.39 is 0 Å². The van der Waals surface area contributed by atoms with Gasteiger partial charge in [0.05, 0.1) is 11.4 Å². The van der Waals surface area contributed by atoms with Crippen LogP contribution in [0.2, 0.25) is 0 Å². The number of hydrogen-bond donors (Lipinski definition) is 2. The van der Waals surface area contributed by atoms with E-state index in [1.54, 1.807) is 11.8 Å². The van der Waals surface area contributed by atoms with Gasteiger partial charge >= 0.3 is 0 Å². The molecule has 1 atom stereocenters. The van der Waals surface area contributed by atoms with Crippen molar-refractivity contribution in [1.82, 2.24) is 10.6 Å². The maximum absolute atomic E-state index is 12.3. The molecule has 4 nitrogen and oxygen atoms in total. The van der Waals surface area contributed by atoms with Crippen molar-refractivity contribution in [3.05, 3.63) is 48.5 Å². The molecule has 0 aliphatic carbocycles. The topological polar surface area (TPSA) is 44.4 Å². The molecule has 2 aliphatic rings. The van der Waals surface area contributed by atoms with Gasteiger partial charge in [-0.3, -0.25) is 4.79 Å². The highest BCUT2D eigenvalue weighted by molar-refractivity contribution is 7.99. The van der Waals surface area contributed by atoms with Crippen LogP contribution in [-0.4, -0.2) is 31.6 Å². The Morgan fingerprint density at radius 1 is 1.12 bits per heavy atom. The molecule has 2 heterocycles. The van der Waals surface area contributed by atoms with E-state index in [0.29, 0.717) is 19.0 Å². The summed E-state index contributed by atoms with van der Waals surface area (Å²) in [5.74, 6) is 0.127. The van der Waals surface area contributed by atoms with Crippen LogP contribution in [0.4, 0.5) is 11.4 Å². The van der Waals surface area contributed by atoms with Crippen LogP contribution in [0.1, 0.15) is 19.3 Å². The maximum Gasteiger partial charge on any atom is 0.221 e. The Morgan fingerprint density at radius 3 is 2.44 bits per heavy atom. The second-order valence-corrected chi connectivity index (χ2v) is 7.62. The van der Waals surface area contributed by atoms with Crippen LogP contribution in [0.25, 0.3) is 0 Å². The number of anilines is 2. The number of rotatable bonds is 5. The van der Waals surface area contributed by atoms with Crippen molar-refractivity contribution in [1.29, 1.82) is 0 Å². The minimum atomic E-state index is 0.127. The van der Waals surface area contributed by atoms with Gasteiger partial charge in [-0.15, -0.1) is 0 Å². The number of nitrogens with one attached hydrogen (secondary N) is 2. The monoisotopic (exact) mass is 353 g/mol. The summed E-state index contributed by atoms with van der Waals surface area (Å²) in [4.78, 5) is 17.1. The lowest BCUT2D eigenvalue weighted by Gasteiger charge is -2.32. The molecule has 2 aromatic rings. The normalized spacial score (nSPS) is 18.6. The van der Waals surface area contributed by atoms with Gasteiger partial charge < -0.3 is 15.5 Å². The number of nitrogens with zero attached hydrogens (tertiary/aromatic N) is 1. The molecule has 0 bridgehead atoms. The number of fused-ring (bicyclic) bond motifs is 2. The van der Waals surface area contributed by atoms with Gasteiger partial charge in [0.2, 0.25) is 5.91 Å². The molecule has 2 aliphatic heterocycles. The van der Waals surface area contributed by atoms with E-state index in [4.69, 9.17) is 0 Å². The van der Waals surface area contributed by atoms with E-state index in [1.807, 2.05) is 0 Å². The van der Waals surface area contributed by atoms with E-state index in [2.05, 4.69) is 64.1 Å². The van der Waals surface area contributed by atoms with Crippen molar-refractivity contribution in [2.75, 3.05) is 24.5 Å². The van der Waals surface area contributed by atoms with Gasteiger partial charge in [0.25, 0.3) is 0 Å². The molecule has 2 N–H and O–H groups in total. The molecular weight excluding hydrogens is 330 g/mol. The lowest BCUT2D eigenvalue weighted by molar-refractivity contribution is -0.120. The van der Waals surface area contributed by atoms with Gasteiger partial charge in [0.15, 0.2) is 0 Å². The van der Waals surface area contributed by atoms with Gasteiger partial charge in [0, 0.05) is 35.3 Å². The molecule has 130 valence electrons. The summed E-state index contributed by atoms with van der Waals surface area (Å²) >= 11 is 1.80. The third kappa shape index (κ3) is 3.67. The fourth-order valence-corrected chi connectivity index (χ4v) is 4.59. The molecule has 5 heteroatoms. The number of carbonyl (C=O) groups is 1. The molecule has 1 fully saturated rings. The molecule has 0 saturated carbocycles. The maximum atomic E-state index is 12.3. The number of amides is 1. The van der Waals surface area contributed by atoms with Gasteiger partial charge in [0.1, 0.15) is 0 Å². The summed E-state index contributed by atoms with van der Waals surface area (Å²) in [6.45, 7) is 2.50. The van der Waals surface area contributed by atoms with Gasteiger partial charge in [-0.25, -0.2) is 0 Å². The summed E-state index contributed by atoms with van der Waals surface area (Å²) in [6, 6.07) is 17.3. The quantitative estimate of drug-likeness (QED) is 0.863. The smallest absolute Gasteiger partial charge is 0.221 e. The van der Waals surface area contributed by atoms with Crippen molar-refractivity contribution >= 4 is 29.0 Å². The molecule has 1 saturated heterocycles. The minimum Gasteiger partial charge on any atom is -0.354 e. The number of benzene rings is 2. The Labute approximate surface area is 153 Å². The highest BCUT2D eigenvalue weighted by Crippen LogP contribution is 2.47. The largest absolute Gasteiger partial charge is 0.354 e. The average molecular weight is 353 g/mol. The van der Waals surface area contributed by atoms with Crippen LogP contribution >= 0.6 is 11.8 Å². The summed E-state index contributed by atoms with van der Waals surface area (Å²) in [7, 11) is 0. The third-order valence-electron chi connectivity index (χ3n) is 4.80. The van der Waals surface area contributed by atoms with Gasteiger partial charge in [-0.2, -0.15) is 0 Å². The lowest BCUT2D eigenvalue weighted by atomic mass is 10.2. The average Bonchev–Trinajstić information content (AvgIpc) is 3.17. The molecule has 0 aromatic heterocycles. The highest BCUT2D eigenvalue weighted by Gasteiger charge is 2.23. The second kappa shape index (κ2) is 7.50. The van der Waals surface area contributed by atoms with E-state index in [0.717, 1.165) is 19.5 Å². The zero-order valence-electron chi connectivity index (χ0n) is 14.2. The van der Waals surface area contributed by atoms with Crippen LogP contribution in [0.15, 0.2) is 58.3 Å². The summed E-state index contributed by atoms with van der Waals surface area (Å²) in [6.07, 6.45) is 2.87. The molecule has 4 rings (SSSR count). The van der Waals surface area contributed by atoms with Crippen molar-refractivity contribution in [2.45, 2.75) is 35.1 Å². The standard InChI is InChI=1S/C20H23N3OS/c24-20(22-14-15-6-5-12-21-15)11-13-23-16-7-1-3-9-18(16)25-19-10-4-2-8-17(19)23/h1-4,7-10,15,21H,5-6,11-14H2,(H,22,24). The van der Waals surface area contributed by atoms with Crippen molar-refractivity contribution < 1.29 is 4.79 Å². The summed E-state index contributed by atoms with van der Waals surface area (Å²) in [5.41, 5.74) is 2.38. The van der Waals surface area contributed by atoms with Crippen molar-refractivity contribution in [2.24, 2.45) is 0 Å². The first-order valence-corrected chi connectivity index (χ1v) is 9.76. The van der Waals surface area contributed by atoms with Gasteiger partial charge in [-0.1, -0.05) is 36.0 Å². The Morgan fingerprint density at radius 2 is 1.80 bits per heavy atom. The van der Waals surface area contributed by atoms with Gasteiger partial charge in [-0.05, 0) is 43.7 Å². The van der Waals surface area contributed by atoms with E-state index >= 15 is 0 Å². The summed E-state index contributed by atoms with van der Waals surface area (Å²) < 4.78 is 0. The number of hydrogen-bond acceptors (Lipinski definition) is 4. The minimum absolute atomic E-state index is 0.127. The van der Waals surface area contributed by atoms with Crippen LogP contribution in [0.5, 0.6) is 0 Å². The Bertz CT molecular complexity index is 713. The molecule has 0 spiro atoms.